The number of benzene rings is 2. The summed E-state index contributed by atoms with van der Waals surface area (Å²) in [7, 11) is 1.70. The maximum atomic E-state index is 12.4. The average Bonchev–Trinajstić information content (AvgIpc) is 3.06. The molecule has 0 aliphatic rings. The second kappa shape index (κ2) is 7.21. The molecule has 1 N–H and O–H groups in total. The van der Waals surface area contributed by atoms with Crippen LogP contribution >= 0.6 is 0 Å². The lowest BCUT2D eigenvalue weighted by Gasteiger charge is -2.21. The Morgan fingerprint density at radius 1 is 1.08 bits per heavy atom. The van der Waals surface area contributed by atoms with E-state index in [2.05, 4.69) is 4.98 Å². The molecule has 2 aromatic carbocycles. The quantitative estimate of drug-likeness (QED) is 0.727. The summed E-state index contributed by atoms with van der Waals surface area (Å²) in [6, 6.07) is 19.0. The molecule has 0 radical (unpaired) electrons. The van der Waals surface area contributed by atoms with E-state index < -0.39 is 12.1 Å². The van der Waals surface area contributed by atoms with Crippen LogP contribution in [0.15, 0.2) is 60.7 Å². The lowest BCUT2D eigenvalue weighted by atomic mass is 10.2. The molecule has 1 atom stereocenters. The zero-order chi connectivity index (χ0) is 17.8. The number of aromatic nitrogens is 1. The van der Waals surface area contributed by atoms with Crippen molar-refractivity contribution >= 4 is 22.8 Å². The number of fused-ring (bicyclic) bond motifs is 1. The first-order valence-electron chi connectivity index (χ1n) is 8.12. The van der Waals surface area contributed by atoms with E-state index in [0.717, 1.165) is 16.5 Å². The van der Waals surface area contributed by atoms with E-state index in [4.69, 9.17) is 4.74 Å². The molecular formula is C20H20N2O3. The third-order valence-corrected chi connectivity index (χ3v) is 4.02. The topological polar surface area (TPSA) is 62.4 Å². The molecule has 3 aromatic rings. The molecule has 0 saturated heterocycles. The molecule has 0 bridgehead atoms. The fraction of sp³-hybridized carbons (Fsp3) is 0.200. The number of nitrogens with zero attached hydrogens (tertiary/aromatic N) is 1. The third-order valence-electron chi connectivity index (χ3n) is 4.02. The zero-order valence-corrected chi connectivity index (χ0v) is 14.2. The largest absolute Gasteiger partial charge is 0.448 e. The Labute approximate surface area is 146 Å². The van der Waals surface area contributed by atoms with E-state index in [9.17, 15) is 9.59 Å². The highest BCUT2D eigenvalue weighted by molar-refractivity contribution is 5.96. The van der Waals surface area contributed by atoms with Crippen LogP contribution in [0, 0.1) is 0 Å². The van der Waals surface area contributed by atoms with Gasteiger partial charge in [0.05, 0.1) is 0 Å². The number of carbonyl (C=O) groups excluding carboxylic acids is 2. The number of hydrogen-bond acceptors (Lipinski definition) is 3. The molecule has 0 fully saturated rings. The fourth-order valence-corrected chi connectivity index (χ4v) is 2.70. The molecule has 128 valence electrons. The van der Waals surface area contributed by atoms with Gasteiger partial charge in [0.2, 0.25) is 0 Å². The van der Waals surface area contributed by atoms with Crippen LogP contribution in [-0.2, 0) is 16.1 Å². The van der Waals surface area contributed by atoms with Crippen LogP contribution < -0.4 is 0 Å². The number of esters is 1. The van der Waals surface area contributed by atoms with Crippen molar-refractivity contribution in [1.82, 2.24) is 9.88 Å². The lowest BCUT2D eigenvalue weighted by molar-refractivity contribution is -0.139. The van der Waals surface area contributed by atoms with Gasteiger partial charge in [-0.05, 0) is 24.6 Å². The number of H-pyrrole nitrogens is 1. The standard InChI is InChI=1S/C20H20N2O3/c1-14(19(23)22(2)13-15-8-4-3-5-9-15)25-20(24)18-12-16-10-6-7-11-17(16)21-18/h3-12,14,21H,13H2,1-2H3/t14-/m0/s1. The predicted octanol–water partition coefficient (Wildman–Crippen LogP) is 3.37. The smallest absolute Gasteiger partial charge is 0.355 e. The molecule has 5 nitrogen and oxygen atoms in total. The SMILES string of the molecule is C[C@H](OC(=O)c1cc2ccccc2[nH]1)C(=O)N(C)Cc1ccccc1. The van der Waals surface area contributed by atoms with E-state index in [1.54, 1.807) is 24.9 Å². The Kier molecular flexibility index (Phi) is 4.84. The summed E-state index contributed by atoms with van der Waals surface area (Å²) >= 11 is 0. The zero-order valence-electron chi connectivity index (χ0n) is 14.2. The number of rotatable bonds is 5. The minimum absolute atomic E-state index is 0.242. The van der Waals surface area contributed by atoms with Gasteiger partial charge in [-0.1, -0.05) is 48.5 Å². The Morgan fingerprint density at radius 3 is 2.48 bits per heavy atom. The van der Waals surface area contributed by atoms with Gasteiger partial charge in [-0.3, -0.25) is 4.79 Å². The van der Waals surface area contributed by atoms with Crippen molar-refractivity contribution in [3.05, 3.63) is 71.9 Å². The van der Waals surface area contributed by atoms with Gasteiger partial charge in [0.15, 0.2) is 6.10 Å². The van der Waals surface area contributed by atoms with Crippen LogP contribution in [0.25, 0.3) is 10.9 Å². The number of likely N-dealkylation sites (N-methyl/N-ethyl adjacent to an activating group) is 1. The normalized spacial score (nSPS) is 11.9. The highest BCUT2D eigenvalue weighted by Crippen LogP contribution is 2.16. The van der Waals surface area contributed by atoms with Crippen LogP contribution in [0.1, 0.15) is 23.0 Å². The predicted molar refractivity (Wildman–Crippen MR) is 96.1 cm³/mol. The molecule has 0 unspecified atom stereocenters. The Bertz CT molecular complexity index is 853. The number of carbonyl (C=O) groups is 2. The number of amides is 1. The summed E-state index contributed by atoms with van der Waals surface area (Å²) in [6.07, 6.45) is -0.854. The van der Waals surface area contributed by atoms with Crippen molar-refractivity contribution in [3.8, 4) is 0 Å². The van der Waals surface area contributed by atoms with Gasteiger partial charge >= 0.3 is 5.97 Å². The lowest BCUT2D eigenvalue weighted by Crippen LogP contribution is -2.37. The van der Waals surface area contributed by atoms with E-state index in [1.807, 2.05) is 54.6 Å². The molecular weight excluding hydrogens is 316 g/mol. The monoisotopic (exact) mass is 336 g/mol. The number of nitrogens with one attached hydrogen (secondary N) is 1. The van der Waals surface area contributed by atoms with Gasteiger partial charge in [-0.15, -0.1) is 0 Å². The van der Waals surface area contributed by atoms with Crippen molar-refractivity contribution in [2.24, 2.45) is 0 Å². The number of aromatic amines is 1. The van der Waals surface area contributed by atoms with Gasteiger partial charge in [-0.25, -0.2) is 4.79 Å². The van der Waals surface area contributed by atoms with Gasteiger partial charge in [-0.2, -0.15) is 0 Å². The van der Waals surface area contributed by atoms with Crippen molar-refractivity contribution in [3.63, 3.8) is 0 Å². The number of para-hydroxylation sites is 1. The minimum Gasteiger partial charge on any atom is -0.448 e. The maximum absolute atomic E-state index is 12.4. The third kappa shape index (κ3) is 3.88. The fourth-order valence-electron chi connectivity index (χ4n) is 2.70. The molecule has 0 spiro atoms. The number of ether oxygens (including phenoxy) is 1. The van der Waals surface area contributed by atoms with E-state index in [1.165, 1.54) is 0 Å². The molecule has 0 aliphatic carbocycles. The molecule has 1 heterocycles. The van der Waals surface area contributed by atoms with Crippen molar-refractivity contribution in [2.75, 3.05) is 7.05 Å². The second-order valence-electron chi connectivity index (χ2n) is 6.00. The number of hydrogen-bond donors (Lipinski definition) is 1. The Balaban J connectivity index is 1.63. The van der Waals surface area contributed by atoms with Crippen molar-refractivity contribution in [1.29, 1.82) is 0 Å². The van der Waals surface area contributed by atoms with E-state index in [-0.39, 0.29) is 5.91 Å². The molecule has 3 rings (SSSR count). The summed E-state index contributed by atoms with van der Waals surface area (Å²) in [5, 5.41) is 0.926. The van der Waals surface area contributed by atoms with Gasteiger partial charge < -0.3 is 14.6 Å². The van der Waals surface area contributed by atoms with Crippen LogP contribution in [0.3, 0.4) is 0 Å². The second-order valence-corrected chi connectivity index (χ2v) is 6.00. The first kappa shape index (κ1) is 16.8. The van der Waals surface area contributed by atoms with Crippen molar-refractivity contribution in [2.45, 2.75) is 19.6 Å². The highest BCUT2D eigenvalue weighted by atomic mass is 16.5. The van der Waals surface area contributed by atoms with Gasteiger partial charge in [0.25, 0.3) is 5.91 Å². The van der Waals surface area contributed by atoms with E-state index >= 15 is 0 Å². The average molecular weight is 336 g/mol. The molecule has 5 heteroatoms. The van der Waals surface area contributed by atoms with Crippen LogP contribution in [-0.4, -0.2) is 34.9 Å². The summed E-state index contributed by atoms with van der Waals surface area (Å²) in [5.74, 6) is -0.779. The molecule has 1 amide bonds. The summed E-state index contributed by atoms with van der Waals surface area (Å²) in [4.78, 5) is 29.3. The van der Waals surface area contributed by atoms with Crippen molar-refractivity contribution < 1.29 is 14.3 Å². The van der Waals surface area contributed by atoms with Gasteiger partial charge in [0.1, 0.15) is 5.69 Å². The first-order chi connectivity index (χ1) is 12.0. The molecule has 0 saturated carbocycles. The highest BCUT2D eigenvalue weighted by Gasteiger charge is 2.23. The van der Waals surface area contributed by atoms with Crippen LogP contribution in [0.2, 0.25) is 0 Å². The molecule has 25 heavy (non-hydrogen) atoms. The Morgan fingerprint density at radius 2 is 1.76 bits per heavy atom. The molecule has 0 aliphatic heterocycles. The summed E-state index contributed by atoms with van der Waals surface area (Å²) in [5.41, 5.74) is 2.22. The Hall–Kier alpha value is -3.08. The minimum atomic E-state index is -0.854. The maximum Gasteiger partial charge on any atom is 0.355 e. The van der Waals surface area contributed by atoms with Gasteiger partial charge in [0, 0.05) is 24.5 Å². The molecule has 1 aromatic heterocycles. The van der Waals surface area contributed by atoms with E-state index in [0.29, 0.717) is 12.2 Å². The van der Waals surface area contributed by atoms with Crippen LogP contribution in [0.5, 0.6) is 0 Å². The first-order valence-corrected chi connectivity index (χ1v) is 8.12. The summed E-state index contributed by atoms with van der Waals surface area (Å²) < 4.78 is 5.33. The summed E-state index contributed by atoms with van der Waals surface area (Å²) in [6.45, 7) is 2.05. The van der Waals surface area contributed by atoms with Crippen LogP contribution in [0.4, 0.5) is 0 Å².